The Morgan fingerprint density at radius 3 is 2.41 bits per heavy atom. The molecule has 1 aliphatic rings. The molecule has 0 unspecified atom stereocenters. The van der Waals surface area contributed by atoms with E-state index in [9.17, 15) is 19.3 Å². The van der Waals surface area contributed by atoms with E-state index in [1.165, 1.54) is 36.7 Å². The Bertz CT molecular complexity index is 1760. The number of carbonyl (C=O) groups excluding carboxylic acids is 1. The number of hydrogen-bond donors (Lipinski definition) is 0. The molecule has 6 rings (SSSR count). The minimum Gasteiger partial charge on any atom is -0.352 e. The smallest absolute Gasteiger partial charge is 0.270 e. The number of halogens is 1. The van der Waals surface area contributed by atoms with Crippen molar-refractivity contribution < 1.29 is 14.1 Å². The van der Waals surface area contributed by atoms with Crippen LogP contribution in [0.4, 0.5) is 15.9 Å². The number of nitro benzene ring substituents is 1. The largest absolute Gasteiger partial charge is 0.352 e. The van der Waals surface area contributed by atoms with Crippen molar-refractivity contribution in [3.8, 4) is 16.8 Å². The highest BCUT2D eigenvalue weighted by Crippen LogP contribution is 2.37. The van der Waals surface area contributed by atoms with Gasteiger partial charge in [0.05, 0.1) is 10.3 Å². The Kier molecular flexibility index (Phi) is 6.95. The van der Waals surface area contributed by atoms with Crippen LogP contribution < -0.4 is 4.90 Å². The van der Waals surface area contributed by atoms with Gasteiger partial charge in [0.2, 0.25) is 5.91 Å². The fourth-order valence-electron chi connectivity index (χ4n) is 5.07. The van der Waals surface area contributed by atoms with E-state index in [0.29, 0.717) is 37.4 Å². The molecule has 41 heavy (non-hydrogen) atoms. The van der Waals surface area contributed by atoms with Gasteiger partial charge in [-0.1, -0.05) is 42.5 Å². The van der Waals surface area contributed by atoms with Crippen LogP contribution >= 0.6 is 0 Å². The summed E-state index contributed by atoms with van der Waals surface area (Å²) in [7, 11) is 0. The van der Waals surface area contributed by atoms with Crippen LogP contribution in [0.25, 0.3) is 33.9 Å². The third-order valence-corrected chi connectivity index (χ3v) is 7.14. The summed E-state index contributed by atoms with van der Waals surface area (Å²) in [5, 5.41) is 11.9. The van der Waals surface area contributed by atoms with E-state index in [0.717, 1.165) is 28.0 Å². The molecule has 0 aliphatic carbocycles. The number of amides is 1. The Balaban J connectivity index is 1.27. The first kappa shape index (κ1) is 25.9. The third-order valence-electron chi connectivity index (χ3n) is 7.14. The van der Waals surface area contributed by atoms with Crippen molar-refractivity contribution in [3.05, 3.63) is 119 Å². The zero-order valence-corrected chi connectivity index (χ0v) is 21.9. The second-order valence-electron chi connectivity index (χ2n) is 9.65. The molecule has 0 atom stereocenters. The maximum atomic E-state index is 13.7. The summed E-state index contributed by atoms with van der Waals surface area (Å²) >= 11 is 0. The maximum Gasteiger partial charge on any atom is 0.270 e. The Morgan fingerprint density at radius 1 is 0.927 bits per heavy atom. The van der Waals surface area contributed by atoms with Crippen molar-refractivity contribution in [2.45, 2.75) is 0 Å². The summed E-state index contributed by atoms with van der Waals surface area (Å²) in [6, 6.07) is 22.4. The third kappa shape index (κ3) is 5.27. The Hall–Kier alpha value is -5.38. The van der Waals surface area contributed by atoms with E-state index in [1.54, 1.807) is 35.2 Å². The first-order valence-corrected chi connectivity index (χ1v) is 13.1. The number of non-ortho nitro benzene ring substituents is 1. The molecule has 0 radical (unpaired) electrons. The highest BCUT2D eigenvalue weighted by molar-refractivity contribution is 6.02. The number of nitrogens with zero attached hydrogens (tertiary/aromatic N) is 6. The first-order valence-electron chi connectivity index (χ1n) is 13.1. The van der Waals surface area contributed by atoms with E-state index >= 15 is 0 Å². The molecular formula is C31H25FN6O3. The van der Waals surface area contributed by atoms with Crippen LogP contribution in [0.1, 0.15) is 5.56 Å². The molecule has 0 saturated carbocycles. The summed E-state index contributed by atoms with van der Waals surface area (Å²) in [6.07, 6.45) is 6.59. The highest BCUT2D eigenvalue weighted by atomic mass is 19.1. The molecule has 0 spiro atoms. The van der Waals surface area contributed by atoms with E-state index < -0.39 is 4.92 Å². The number of fused-ring (bicyclic) bond motifs is 1. The molecule has 3 heterocycles. The quantitative estimate of drug-likeness (QED) is 0.158. The predicted octanol–water partition coefficient (Wildman–Crippen LogP) is 5.50. The second-order valence-corrected chi connectivity index (χ2v) is 9.65. The van der Waals surface area contributed by atoms with Crippen LogP contribution in [-0.2, 0) is 4.79 Å². The monoisotopic (exact) mass is 548 g/mol. The topological polar surface area (TPSA) is 97.4 Å². The lowest BCUT2D eigenvalue weighted by molar-refractivity contribution is -0.384. The van der Waals surface area contributed by atoms with Crippen molar-refractivity contribution >= 4 is 34.5 Å². The average Bonchev–Trinajstić information content (AvgIpc) is 3.41. The van der Waals surface area contributed by atoms with E-state index in [4.69, 9.17) is 0 Å². The zero-order valence-electron chi connectivity index (χ0n) is 21.9. The SMILES string of the molecule is O=C(/C=C/c1cccc([N+](=O)[O-])c1)N1CCN(c2ncnc3c2c(-c2ccccc2)cn3-c2ccc(F)cc2)CC1. The van der Waals surface area contributed by atoms with Crippen molar-refractivity contribution in [3.63, 3.8) is 0 Å². The van der Waals surface area contributed by atoms with Gasteiger partial charge < -0.3 is 14.4 Å². The molecular weight excluding hydrogens is 523 g/mol. The van der Waals surface area contributed by atoms with Crippen LogP contribution in [0, 0.1) is 15.9 Å². The standard InChI is InChI=1S/C31H25FN6O3/c32-24-10-12-25(13-11-24)37-20-27(23-6-2-1-3-7-23)29-30(33-21-34-31(29)37)36-17-15-35(16-18-36)28(39)14-9-22-5-4-8-26(19-22)38(40)41/h1-14,19-21H,15-18H2/b14-9+. The lowest BCUT2D eigenvalue weighted by Crippen LogP contribution is -2.48. The van der Waals surface area contributed by atoms with E-state index in [-0.39, 0.29) is 17.4 Å². The molecule has 10 heteroatoms. The van der Waals surface area contributed by atoms with Gasteiger partial charge in [-0.25, -0.2) is 14.4 Å². The Morgan fingerprint density at radius 2 is 1.68 bits per heavy atom. The molecule has 9 nitrogen and oxygen atoms in total. The van der Waals surface area contributed by atoms with Gasteiger partial charge in [-0.05, 0) is 41.5 Å². The lowest BCUT2D eigenvalue weighted by Gasteiger charge is -2.35. The fourth-order valence-corrected chi connectivity index (χ4v) is 5.07. The second kappa shape index (κ2) is 11.0. The number of piperazine rings is 1. The molecule has 0 N–H and O–H groups in total. The zero-order chi connectivity index (χ0) is 28.3. The number of carbonyl (C=O) groups is 1. The summed E-state index contributed by atoms with van der Waals surface area (Å²) in [5.41, 5.74) is 4.03. The first-order chi connectivity index (χ1) is 20.0. The van der Waals surface area contributed by atoms with Gasteiger partial charge >= 0.3 is 0 Å². The fraction of sp³-hybridized carbons (Fsp3) is 0.129. The molecule has 1 saturated heterocycles. The van der Waals surface area contributed by atoms with Gasteiger partial charge in [0.25, 0.3) is 5.69 Å². The minimum absolute atomic E-state index is 0.0208. The maximum absolute atomic E-state index is 13.7. The van der Waals surface area contributed by atoms with Gasteiger partial charge in [-0.15, -0.1) is 0 Å². The van der Waals surface area contributed by atoms with E-state index in [1.807, 2.05) is 41.1 Å². The summed E-state index contributed by atoms with van der Waals surface area (Å²) in [5.74, 6) is 0.307. The minimum atomic E-state index is -0.459. The molecule has 2 aromatic heterocycles. The number of rotatable bonds is 6. The summed E-state index contributed by atoms with van der Waals surface area (Å²) < 4.78 is 15.6. The normalized spacial score (nSPS) is 13.7. The van der Waals surface area contributed by atoms with Gasteiger partial charge in [0, 0.05) is 61.8 Å². The van der Waals surface area contributed by atoms with Gasteiger partial charge in [0.1, 0.15) is 18.0 Å². The van der Waals surface area contributed by atoms with Gasteiger partial charge in [-0.3, -0.25) is 14.9 Å². The van der Waals surface area contributed by atoms with Crippen LogP contribution in [0.2, 0.25) is 0 Å². The molecule has 0 bridgehead atoms. The average molecular weight is 549 g/mol. The molecule has 1 fully saturated rings. The van der Waals surface area contributed by atoms with Crippen LogP contribution in [-0.4, -0.2) is 56.4 Å². The summed E-state index contributed by atoms with van der Waals surface area (Å²) in [4.78, 5) is 36.7. The Labute approximate surface area is 235 Å². The van der Waals surface area contributed by atoms with Gasteiger partial charge in [0.15, 0.2) is 5.65 Å². The van der Waals surface area contributed by atoms with Crippen molar-refractivity contribution in [2.24, 2.45) is 0 Å². The number of anilines is 1. The molecule has 1 aliphatic heterocycles. The number of aromatic nitrogens is 3. The van der Waals surface area contributed by atoms with Crippen molar-refractivity contribution in [2.75, 3.05) is 31.1 Å². The summed E-state index contributed by atoms with van der Waals surface area (Å²) in [6.45, 7) is 2.11. The number of benzene rings is 3. The van der Waals surface area contributed by atoms with Crippen LogP contribution in [0.15, 0.2) is 97.5 Å². The number of hydrogen-bond acceptors (Lipinski definition) is 6. The molecule has 204 valence electrons. The highest BCUT2D eigenvalue weighted by Gasteiger charge is 2.25. The van der Waals surface area contributed by atoms with Crippen molar-refractivity contribution in [1.82, 2.24) is 19.4 Å². The van der Waals surface area contributed by atoms with E-state index in [2.05, 4.69) is 14.9 Å². The molecule has 1 amide bonds. The molecule has 5 aromatic rings. The van der Waals surface area contributed by atoms with Crippen LogP contribution in [0.5, 0.6) is 0 Å². The molecule has 3 aromatic carbocycles. The number of nitro groups is 1. The van der Waals surface area contributed by atoms with Crippen molar-refractivity contribution in [1.29, 1.82) is 0 Å². The van der Waals surface area contributed by atoms with Crippen LogP contribution in [0.3, 0.4) is 0 Å². The predicted molar refractivity (Wildman–Crippen MR) is 155 cm³/mol. The van der Waals surface area contributed by atoms with Gasteiger partial charge in [-0.2, -0.15) is 0 Å². The lowest BCUT2D eigenvalue weighted by atomic mass is 10.1.